The third-order valence-electron chi connectivity index (χ3n) is 6.63. The highest BCUT2D eigenvalue weighted by atomic mass is 35.5. The predicted molar refractivity (Wildman–Crippen MR) is 130 cm³/mol. The number of rotatable bonds is 3. The number of hydrogen-bond acceptors (Lipinski definition) is 7. The van der Waals surface area contributed by atoms with E-state index in [1.807, 2.05) is 41.9 Å². The van der Waals surface area contributed by atoms with Gasteiger partial charge in [0.05, 0.1) is 17.0 Å². The van der Waals surface area contributed by atoms with E-state index in [0.29, 0.717) is 29.3 Å². The lowest BCUT2D eigenvalue weighted by atomic mass is 9.99. The molecule has 32 heavy (non-hydrogen) atoms. The highest BCUT2D eigenvalue weighted by Gasteiger charge is 2.35. The van der Waals surface area contributed by atoms with Crippen LogP contribution >= 0.6 is 23.7 Å². The highest BCUT2D eigenvalue weighted by Crippen LogP contribution is 2.35. The lowest BCUT2D eigenvalue weighted by molar-refractivity contribution is 0.354. The molecule has 0 amide bonds. The second kappa shape index (κ2) is 8.00. The molecular formula is C23H24ClN7S. The third-order valence-corrected chi connectivity index (χ3v) is 7.69. The van der Waals surface area contributed by atoms with Crippen molar-refractivity contribution in [3.05, 3.63) is 41.9 Å². The largest absolute Gasteiger partial charge is 0.348 e. The minimum atomic E-state index is 0. The molecule has 0 saturated carbocycles. The molecule has 164 valence electrons. The SMILES string of the molecule is Cc1cn2cc(-c3ccc4nc(N(C)C5CC6CCC(C5)N6)sc4n3)cc(C#N)c2n1.Cl. The summed E-state index contributed by atoms with van der Waals surface area (Å²) < 4.78 is 1.91. The van der Waals surface area contributed by atoms with E-state index in [4.69, 9.17) is 9.97 Å². The molecule has 4 aromatic rings. The van der Waals surface area contributed by atoms with Gasteiger partial charge >= 0.3 is 0 Å². The van der Waals surface area contributed by atoms with Crippen LogP contribution in [0.2, 0.25) is 0 Å². The molecular weight excluding hydrogens is 442 g/mol. The van der Waals surface area contributed by atoms with Gasteiger partial charge in [-0.2, -0.15) is 5.26 Å². The Morgan fingerprint density at radius 1 is 1.16 bits per heavy atom. The van der Waals surface area contributed by atoms with E-state index < -0.39 is 0 Å². The van der Waals surface area contributed by atoms with Gasteiger partial charge in [0.15, 0.2) is 10.8 Å². The first-order valence-corrected chi connectivity index (χ1v) is 11.6. The number of thiazole rings is 1. The lowest BCUT2D eigenvalue weighted by Crippen LogP contribution is -2.47. The molecule has 0 aromatic carbocycles. The van der Waals surface area contributed by atoms with Crippen LogP contribution < -0.4 is 10.2 Å². The summed E-state index contributed by atoms with van der Waals surface area (Å²) in [5.74, 6) is 0. The van der Waals surface area contributed by atoms with Gasteiger partial charge in [0.25, 0.3) is 0 Å². The van der Waals surface area contributed by atoms with Gasteiger partial charge in [-0.05, 0) is 50.8 Å². The summed E-state index contributed by atoms with van der Waals surface area (Å²) in [7, 11) is 2.17. The van der Waals surface area contributed by atoms with Crippen LogP contribution in [0.5, 0.6) is 0 Å². The smallest absolute Gasteiger partial charge is 0.187 e. The molecule has 6 heterocycles. The van der Waals surface area contributed by atoms with Crippen molar-refractivity contribution in [2.45, 2.75) is 50.7 Å². The number of piperidine rings is 1. The average molecular weight is 466 g/mol. The van der Waals surface area contributed by atoms with E-state index in [1.165, 1.54) is 25.7 Å². The van der Waals surface area contributed by atoms with E-state index in [2.05, 4.69) is 28.3 Å². The standard InChI is InChI=1S/C23H23N7S.ClH/c1-13-11-30-12-15(7-14(10-24)21(30)25-13)19-5-6-20-22(27-19)31-23(28-20)29(2)18-8-16-3-4-17(9-18)26-16;/h5-7,11-12,16-18,26H,3-4,8-9H2,1-2H3;1H. The van der Waals surface area contributed by atoms with Gasteiger partial charge in [-0.15, -0.1) is 12.4 Å². The van der Waals surface area contributed by atoms with Crippen molar-refractivity contribution in [3.8, 4) is 17.3 Å². The number of aromatic nitrogens is 4. The van der Waals surface area contributed by atoms with Gasteiger partial charge in [-0.3, -0.25) is 0 Å². The monoisotopic (exact) mass is 465 g/mol. The van der Waals surface area contributed by atoms with Crippen LogP contribution in [-0.2, 0) is 0 Å². The summed E-state index contributed by atoms with van der Waals surface area (Å²) in [5.41, 5.74) is 4.79. The second-order valence-corrected chi connectivity index (χ2v) is 9.71. The Kier molecular flexibility index (Phi) is 5.28. The zero-order valence-electron chi connectivity index (χ0n) is 17.9. The van der Waals surface area contributed by atoms with Crippen molar-refractivity contribution in [2.75, 3.05) is 11.9 Å². The van der Waals surface area contributed by atoms with Crippen LogP contribution in [-0.4, -0.2) is 44.5 Å². The Balaban J connectivity index is 0.00000216. The van der Waals surface area contributed by atoms with Gasteiger partial charge in [-0.25, -0.2) is 15.0 Å². The fourth-order valence-corrected chi connectivity index (χ4v) is 6.03. The zero-order valence-corrected chi connectivity index (χ0v) is 19.6. The maximum absolute atomic E-state index is 9.58. The molecule has 4 aromatic heterocycles. The number of nitriles is 1. The number of anilines is 1. The molecule has 7 nitrogen and oxygen atoms in total. The Morgan fingerprint density at radius 3 is 2.69 bits per heavy atom. The maximum atomic E-state index is 9.58. The predicted octanol–water partition coefficient (Wildman–Crippen LogP) is 4.33. The van der Waals surface area contributed by atoms with E-state index in [9.17, 15) is 5.26 Å². The quantitative estimate of drug-likeness (QED) is 0.485. The molecule has 0 aliphatic carbocycles. The first-order chi connectivity index (χ1) is 15.1. The number of imidazole rings is 1. The minimum Gasteiger partial charge on any atom is -0.348 e. The molecule has 0 spiro atoms. The van der Waals surface area contributed by atoms with Crippen LogP contribution in [0.1, 0.15) is 36.9 Å². The summed E-state index contributed by atoms with van der Waals surface area (Å²) in [6.45, 7) is 1.93. The third kappa shape index (κ3) is 3.51. The van der Waals surface area contributed by atoms with Gasteiger partial charge in [0.2, 0.25) is 0 Å². The summed E-state index contributed by atoms with van der Waals surface area (Å²) in [6.07, 6.45) is 8.88. The van der Waals surface area contributed by atoms with Gasteiger partial charge in [-0.1, -0.05) is 11.3 Å². The molecule has 6 rings (SSSR count). The van der Waals surface area contributed by atoms with Crippen molar-refractivity contribution in [3.63, 3.8) is 0 Å². The van der Waals surface area contributed by atoms with Gasteiger partial charge < -0.3 is 14.6 Å². The molecule has 1 N–H and O–H groups in total. The normalized spacial score (nSPS) is 22.1. The molecule has 2 saturated heterocycles. The van der Waals surface area contributed by atoms with Crippen molar-refractivity contribution in [2.24, 2.45) is 0 Å². The Labute approximate surface area is 196 Å². The van der Waals surface area contributed by atoms with Crippen LogP contribution in [0, 0.1) is 18.3 Å². The van der Waals surface area contributed by atoms with Crippen molar-refractivity contribution in [1.29, 1.82) is 5.26 Å². The maximum Gasteiger partial charge on any atom is 0.187 e. The topological polar surface area (TPSA) is 82.1 Å². The Hall–Kier alpha value is -2.73. The number of aryl methyl sites for hydroxylation is 1. The molecule has 2 unspecified atom stereocenters. The molecule has 0 radical (unpaired) electrons. The fraction of sp³-hybridized carbons (Fsp3) is 0.391. The van der Waals surface area contributed by atoms with E-state index in [0.717, 1.165) is 32.4 Å². The highest BCUT2D eigenvalue weighted by molar-refractivity contribution is 7.21. The van der Waals surface area contributed by atoms with E-state index in [1.54, 1.807) is 11.3 Å². The van der Waals surface area contributed by atoms with Crippen LogP contribution in [0.4, 0.5) is 5.13 Å². The van der Waals surface area contributed by atoms with Crippen molar-refractivity contribution in [1.82, 2.24) is 24.7 Å². The van der Waals surface area contributed by atoms with Crippen LogP contribution in [0.15, 0.2) is 30.6 Å². The molecule has 9 heteroatoms. The molecule has 2 aliphatic heterocycles. The van der Waals surface area contributed by atoms with Gasteiger partial charge in [0.1, 0.15) is 16.4 Å². The molecule has 2 fully saturated rings. The summed E-state index contributed by atoms with van der Waals surface area (Å²) in [5, 5.41) is 14.3. The number of nitrogens with zero attached hydrogens (tertiary/aromatic N) is 6. The summed E-state index contributed by atoms with van der Waals surface area (Å²) in [6, 6.07) is 10.00. The minimum absolute atomic E-state index is 0. The average Bonchev–Trinajstić information content (AvgIpc) is 3.46. The first-order valence-electron chi connectivity index (χ1n) is 10.7. The molecule has 2 aliphatic rings. The van der Waals surface area contributed by atoms with Crippen LogP contribution in [0.3, 0.4) is 0 Å². The Bertz CT molecular complexity index is 1340. The van der Waals surface area contributed by atoms with Gasteiger partial charge in [0, 0.05) is 43.1 Å². The summed E-state index contributed by atoms with van der Waals surface area (Å²) >= 11 is 1.65. The Morgan fingerprint density at radius 2 is 1.94 bits per heavy atom. The molecule has 2 bridgehead atoms. The van der Waals surface area contributed by atoms with E-state index in [-0.39, 0.29) is 12.4 Å². The number of hydrogen-bond donors (Lipinski definition) is 1. The second-order valence-electron chi connectivity index (χ2n) is 8.76. The molecule has 2 atom stereocenters. The van der Waals surface area contributed by atoms with E-state index >= 15 is 0 Å². The summed E-state index contributed by atoms with van der Waals surface area (Å²) in [4.78, 5) is 17.5. The number of pyridine rings is 2. The number of halogens is 1. The lowest BCUT2D eigenvalue weighted by Gasteiger charge is -2.35. The van der Waals surface area contributed by atoms with Crippen molar-refractivity contribution >= 4 is 44.9 Å². The number of nitrogens with one attached hydrogen (secondary N) is 1. The fourth-order valence-electron chi connectivity index (χ4n) is 5.06. The first kappa shape index (κ1) is 21.1. The van der Waals surface area contributed by atoms with Crippen molar-refractivity contribution < 1.29 is 0 Å². The van der Waals surface area contributed by atoms with Crippen LogP contribution in [0.25, 0.3) is 27.3 Å². The zero-order chi connectivity index (χ0) is 21.1. The number of fused-ring (bicyclic) bond motifs is 4.